The molecule has 0 spiro atoms. The van der Waals surface area contributed by atoms with Gasteiger partial charge in [-0.3, -0.25) is 4.79 Å². The highest BCUT2D eigenvalue weighted by Gasteiger charge is 2.07. The van der Waals surface area contributed by atoms with Crippen molar-refractivity contribution in [1.82, 2.24) is 0 Å². The van der Waals surface area contributed by atoms with Gasteiger partial charge in [0.2, 0.25) is 0 Å². The van der Waals surface area contributed by atoms with Crippen molar-refractivity contribution in [1.29, 1.82) is 0 Å². The molecule has 1 aromatic heterocycles. The molecule has 0 N–H and O–H groups in total. The molecule has 0 aliphatic rings. The first-order chi connectivity index (χ1) is 8.13. The lowest BCUT2D eigenvalue weighted by molar-refractivity contribution is -0.117. The van der Waals surface area contributed by atoms with Gasteiger partial charge in [0, 0.05) is 27.6 Å². The average molecular weight is 309 g/mol. The van der Waals surface area contributed by atoms with Gasteiger partial charge in [0.1, 0.15) is 5.78 Å². The Morgan fingerprint density at radius 2 is 2.12 bits per heavy atom. The van der Waals surface area contributed by atoms with Crippen molar-refractivity contribution in [3.05, 3.63) is 56.2 Å². The van der Waals surface area contributed by atoms with Crippen molar-refractivity contribution in [2.45, 2.75) is 19.8 Å². The molecule has 17 heavy (non-hydrogen) atoms. The molecule has 1 nitrogen and oxygen atoms in total. The van der Waals surface area contributed by atoms with Gasteiger partial charge in [-0.1, -0.05) is 29.8 Å². The van der Waals surface area contributed by atoms with Crippen LogP contribution < -0.4 is 0 Å². The summed E-state index contributed by atoms with van der Waals surface area (Å²) in [5.41, 5.74) is 2.31. The molecule has 0 unspecified atom stereocenters. The quantitative estimate of drug-likeness (QED) is 0.828. The number of hydrogen-bond acceptors (Lipinski definition) is 2. The molecule has 0 fully saturated rings. The van der Waals surface area contributed by atoms with Crippen LogP contribution in [0, 0.1) is 6.92 Å². The lowest BCUT2D eigenvalue weighted by Gasteiger charge is -2.01. The maximum atomic E-state index is 11.9. The minimum atomic E-state index is 0.268. The van der Waals surface area contributed by atoms with Gasteiger partial charge in [-0.2, -0.15) is 0 Å². The van der Waals surface area contributed by atoms with Gasteiger partial charge in [0.15, 0.2) is 0 Å². The summed E-state index contributed by atoms with van der Waals surface area (Å²) in [5, 5.41) is 2.01. The van der Waals surface area contributed by atoms with Crippen LogP contribution in [-0.4, -0.2) is 5.78 Å². The summed E-state index contributed by atoms with van der Waals surface area (Å²) in [4.78, 5) is 13.0. The Hall–Kier alpha value is -0.930. The fourth-order valence-electron chi connectivity index (χ4n) is 1.75. The molecule has 0 saturated carbocycles. The molecule has 0 saturated heterocycles. The molecule has 88 valence electrons. The van der Waals surface area contributed by atoms with Gasteiger partial charge in [-0.05, 0) is 34.5 Å². The molecule has 0 aliphatic carbocycles. The number of thiophene rings is 1. The van der Waals surface area contributed by atoms with Crippen LogP contribution in [0.25, 0.3) is 0 Å². The van der Waals surface area contributed by atoms with Gasteiger partial charge in [0.25, 0.3) is 0 Å². The van der Waals surface area contributed by atoms with E-state index in [-0.39, 0.29) is 5.78 Å². The van der Waals surface area contributed by atoms with Gasteiger partial charge in [-0.25, -0.2) is 0 Å². The van der Waals surface area contributed by atoms with Gasteiger partial charge >= 0.3 is 0 Å². The standard InChI is InChI=1S/C14H13BrOS/c1-10-3-2-4-11(5-10)6-13(16)8-14-7-12(15)9-17-14/h2-5,7,9H,6,8H2,1H3. The maximum absolute atomic E-state index is 11.9. The summed E-state index contributed by atoms with van der Waals surface area (Å²) >= 11 is 5.02. The molecule has 3 heteroatoms. The second-order valence-electron chi connectivity index (χ2n) is 4.11. The summed E-state index contributed by atoms with van der Waals surface area (Å²) in [7, 11) is 0. The van der Waals surface area contributed by atoms with Crippen molar-refractivity contribution in [3.8, 4) is 0 Å². The highest BCUT2D eigenvalue weighted by Crippen LogP contribution is 2.20. The highest BCUT2D eigenvalue weighted by molar-refractivity contribution is 9.10. The summed E-state index contributed by atoms with van der Waals surface area (Å²) in [6.45, 7) is 2.05. The monoisotopic (exact) mass is 308 g/mol. The van der Waals surface area contributed by atoms with E-state index < -0.39 is 0 Å². The van der Waals surface area contributed by atoms with Crippen LogP contribution in [-0.2, 0) is 17.6 Å². The van der Waals surface area contributed by atoms with E-state index in [4.69, 9.17) is 0 Å². The van der Waals surface area contributed by atoms with Crippen molar-refractivity contribution >= 4 is 33.0 Å². The number of aryl methyl sites for hydroxylation is 1. The van der Waals surface area contributed by atoms with Crippen LogP contribution in [0.1, 0.15) is 16.0 Å². The Kier molecular flexibility index (Phi) is 4.13. The Balaban J connectivity index is 1.98. The fourth-order valence-corrected chi connectivity index (χ4v) is 3.23. The Morgan fingerprint density at radius 3 is 2.76 bits per heavy atom. The fraction of sp³-hybridized carbons (Fsp3) is 0.214. The van der Waals surface area contributed by atoms with Gasteiger partial charge < -0.3 is 0 Å². The summed E-state index contributed by atoms with van der Waals surface area (Å²) in [6.07, 6.45) is 1.06. The second-order valence-corrected chi connectivity index (χ2v) is 6.02. The highest BCUT2D eigenvalue weighted by atomic mass is 79.9. The summed E-state index contributed by atoms with van der Waals surface area (Å²) < 4.78 is 1.06. The third-order valence-corrected chi connectivity index (χ3v) is 4.17. The Morgan fingerprint density at radius 1 is 1.29 bits per heavy atom. The smallest absolute Gasteiger partial charge is 0.142 e. The van der Waals surface area contributed by atoms with Crippen molar-refractivity contribution in [2.75, 3.05) is 0 Å². The molecular formula is C14H13BrOS. The zero-order valence-corrected chi connectivity index (χ0v) is 12.0. The minimum Gasteiger partial charge on any atom is -0.299 e. The largest absolute Gasteiger partial charge is 0.299 e. The van der Waals surface area contributed by atoms with Crippen molar-refractivity contribution in [2.24, 2.45) is 0 Å². The maximum Gasteiger partial charge on any atom is 0.142 e. The molecular weight excluding hydrogens is 296 g/mol. The predicted octanol–water partition coefficient (Wildman–Crippen LogP) is 4.17. The molecule has 1 heterocycles. The molecule has 0 aliphatic heterocycles. The van der Waals surface area contributed by atoms with E-state index in [0.717, 1.165) is 14.9 Å². The van der Waals surface area contributed by atoms with Crippen LogP contribution in [0.2, 0.25) is 0 Å². The van der Waals surface area contributed by atoms with Gasteiger partial charge in [0.05, 0.1) is 0 Å². The lowest BCUT2D eigenvalue weighted by atomic mass is 10.0. The van der Waals surface area contributed by atoms with Crippen LogP contribution in [0.5, 0.6) is 0 Å². The SMILES string of the molecule is Cc1cccc(CC(=O)Cc2cc(Br)cs2)c1. The molecule has 2 aromatic rings. The number of carbonyl (C=O) groups excluding carboxylic acids is 1. The molecule has 0 bridgehead atoms. The first-order valence-corrected chi connectivity index (χ1v) is 7.11. The van der Waals surface area contributed by atoms with E-state index in [1.54, 1.807) is 11.3 Å². The van der Waals surface area contributed by atoms with E-state index >= 15 is 0 Å². The molecule has 0 atom stereocenters. The number of hydrogen-bond donors (Lipinski definition) is 0. The van der Waals surface area contributed by atoms with Crippen molar-refractivity contribution in [3.63, 3.8) is 0 Å². The third kappa shape index (κ3) is 3.79. The zero-order valence-electron chi connectivity index (χ0n) is 9.57. The van der Waals surface area contributed by atoms with E-state index in [9.17, 15) is 4.79 Å². The van der Waals surface area contributed by atoms with E-state index in [0.29, 0.717) is 12.8 Å². The van der Waals surface area contributed by atoms with E-state index in [1.807, 2.05) is 36.6 Å². The normalized spacial score (nSPS) is 10.5. The minimum absolute atomic E-state index is 0.268. The van der Waals surface area contributed by atoms with Crippen LogP contribution in [0.4, 0.5) is 0 Å². The predicted molar refractivity (Wildman–Crippen MR) is 75.6 cm³/mol. The Labute approximate surface area is 114 Å². The zero-order chi connectivity index (χ0) is 12.3. The number of halogens is 1. The summed E-state index contributed by atoms with van der Waals surface area (Å²) in [6, 6.07) is 10.1. The number of benzene rings is 1. The number of carbonyl (C=O) groups is 1. The molecule has 0 radical (unpaired) electrons. The molecule has 0 amide bonds. The lowest BCUT2D eigenvalue weighted by Crippen LogP contribution is -2.05. The topological polar surface area (TPSA) is 17.1 Å². The second kappa shape index (κ2) is 5.61. The molecule has 2 rings (SSSR count). The summed E-state index contributed by atoms with van der Waals surface area (Å²) in [5.74, 6) is 0.268. The van der Waals surface area contributed by atoms with Crippen LogP contribution in [0.3, 0.4) is 0 Å². The first-order valence-electron chi connectivity index (χ1n) is 5.43. The number of Topliss-reactive ketones (excluding diaryl/α,β-unsaturated/α-hetero) is 1. The van der Waals surface area contributed by atoms with E-state index in [1.165, 1.54) is 5.56 Å². The average Bonchev–Trinajstić information content (AvgIpc) is 2.63. The first kappa shape index (κ1) is 12.5. The Bertz CT molecular complexity index is 531. The van der Waals surface area contributed by atoms with Gasteiger partial charge in [-0.15, -0.1) is 11.3 Å². The van der Waals surface area contributed by atoms with Crippen LogP contribution >= 0.6 is 27.3 Å². The number of ketones is 1. The number of rotatable bonds is 4. The van der Waals surface area contributed by atoms with E-state index in [2.05, 4.69) is 22.0 Å². The van der Waals surface area contributed by atoms with Crippen molar-refractivity contribution < 1.29 is 4.79 Å². The molecule has 1 aromatic carbocycles. The van der Waals surface area contributed by atoms with Crippen LogP contribution in [0.15, 0.2) is 40.2 Å². The third-order valence-electron chi connectivity index (χ3n) is 2.48.